The molecule has 124 valence electrons. The van der Waals surface area contributed by atoms with Gasteiger partial charge in [0.1, 0.15) is 4.33 Å². The van der Waals surface area contributed by atoms with Gasteiger partial charge in [0.05, 0.1) is 16.9 Å². The van der Waals surface area contributed by atoms with Crippen LogP contribution in [-0.4, -0.2) is 24.7 Å². The minimum atomic E-state index is -3.85. The normalized spacial score (nSPS) is 24.8. The summed E-state index contributed by atoms with van der Waals surface area (Å²) in [5, 5.41) is 0. The minimum Gasteiger partial charge on any atom is -0.263 e. The van der Waals surface area contributed by atoms with Crippen molar-refractivity contribution in [3.8, 4) is 0 Å². The van der Waals surface area contributed by atoms with E-state index in [0.29, 0.717) is 6.42 Å². The Morgan fingerprint density at radius 3 is 2.27 bits per heavy atom. The first-order valence-electron chi connectivity index (χ1n) is 6.93. The molecule has 22 heavy (non-hydrogen) atoms. The van der Waals surface area contributed by atoms with Crippen LogP contribution in [0.4, 0.5) is 0 Å². The van der Waals surface area contributed by atoms with Crippen LogP contribution in [0.5, 0.6) is 0 Å². The lowest BCUT2D eigenvalue weighted by Gasteiger charge is -2.54. The summed E-state index contributed by atoms with van der Waals surface area (Å²) in [6.45, 7) is 5.84. The van der Waals surface area contributed by atoms with Crippen molar-refractivity contribution in [1.29, 1.82) is 0 Å². The van der Waals surface area contributed by atoms with E-state index in [9.17, 15) is 8.42 Å². The van der Waals surface area contributed by atoms with E-state index in [1.807, 2.05) is 20.8 Å². The molecular weight excluding hydrogens is 367 g/mol. The van der Waals surface area contributed by atoms with Gasteiger partial charge in [-0.1, -0.05) is 54.7 Å². The van der Waals surface area contributed by atoms with Crippen LogP contribution in [0.15, 0.2) is 29.2 Å². The zero-order valence-corrected chi connectivity index (χ0v) is 15.7. The molecular formula is C15H19Cl3O3S. The van der Waals surface area contributed by atoms with E-state index < -0.39 is 20.6 Å². The summed E-state index contributed by atoms with van der Waals surface area (Å²) in [7, 11) is -3.85. The first-order valence-corrected chi connectivity index (χ1v) is 9.63. The Morgan fingerprint density at radius 2 is 1.82 bits per heavy atom. The SMILES string of the molecule is Cc1ccc(S(=O)(=O)OC2CC(C)(C)C2C(Cl)(Cl)CCl)cc1. The molecule has 0 aliphatic heterocycles. The summed E-state index contributed by atoms with van der Waals surface area (Å²) < 4.78 is 28.9. The predicted molar refractivity (Wildman–Crippen MR) is 90.3 cm³/mol. The Morgan fingerprint density at radius 1 is 1.27 bits per heavy atom. The highest BCUT2D eigenvalue weighted by Gasteiger charge is 2.58. The van der Waals surface area contributed by atoms with E-state index >= 15 is 0 Å². The molecule has 1 aliphatic rings. The Kier molecular flexibility index (Phi) is 5.12. The molecule has 1 aromatic rings. The highest BCUT2D eigenvalue weighted by Crippen LogP contribution is 2.57. The highest BCUT2D eigenvalue weighted by atomic mass is 35.5. The summed E-state index contributed by atoms with van der Waals surface area (Å²) in [6.07, 6.45) is -0.0176. The van der Waals surface area contributed by atoms with Crippen molar-refractivity contribution in [2.24, 2.45) is 11.3 Å². The van der Waals surface area contributed by atoms with E-state index in [2.05, 4.69) is 0 Å². The van der Waals surface area contributed by atoms with Gasteiger partial charge in [0.25, 0.3) is 10.1 Å². The van der Waals surface area contributed by atoms with Gasteiger partial charge in [0, 0.05) is 5.92 Å². The molecule has 1 fully saturated rings. The Bertz CT molecular complexity index is 639. The maximum atomic E-state index is 12.4. The fourth-order valence-corrected chi connectivity index (χ4v) is 5.17. The van der Waals surface area contributed by atoms with Crippen LogP contribution in [0.25, 0.3) is 0 Å². The molecule has 7 heteroatoms. The molecule has 0 aromatic heterocycles. The summed E-state index contributed by atoms with van der Waals surface area (Å²) in [5.41, 5.74) is 0.746. The first kappa shape index (κ1) is 18.3. The van der Waals surface area contributed by atoms with Gasteiger partial charge in [-0.3, -0.25) is 4.18 Å². The molecule has 0 heterocycles. The Balaban J connectivity index is 2.21. The second kappa shape index (κ2) is 6.14. The van der Waals surface area contributed by atoms with E-state index in [1.54, 1.807) is 12.1 Å². The molecule has 1 saturated carbocycles. The van der Waals surface area contributed by atoms with Crippen LogP contribution in [0.1, 0.15) is 25.8 Å². The molecule has 0 N–H and O–H groups in total. The summed E-state index contributed by atoms with van der Waals surface area (Å²) in [4.78, 5) is 0.127. The van der Waals surface area contributed by atoms with E-state index in [0.717, 1.165) is 5.56 Å². The number of hydrogen-bond acceptors (Lipinski definition) is 3. The van der Waals surface area contributed by atoms with Crippen LogP contribution in [-0.2, 0) is 14.3 Å². The average molecular weight is 386 g/mol. The van der Waals surface area contributed by atoms with Crippen molar-refractivity contribution in [2.45, 2.75) is 42.5 Å². The van der Waals surface area contributed by atoms with Gasteiger partial charge in [0.2, 0.25) is 0 Å². The van der Waals surface area contributed by atoms with Crippen molar-refractivity contribution in [3.05, 3.63) is 29.8 Å². The lowest BCUT2D eigenvalue weighted by Crippen LogP contribution is -2.58. The molecule has 0 bridgehead atoms. The summed E-state index contributed by atoms with van der Waals surface area (Å²) in [6, 6.07) is 6.51. The van der Waals surface area contributed by atoms with Crippen LogP contribution in [0.3, 0.4) is 0 Å². The van der Waals surface area contributed by atoms with Crippen molar-refractivity contribution >= 4 is 44.9 Å². The van der Waals surface area contributed by atoms with Gasteiger partial charge in [-0.25, -0.2) is 0 Å². The quantitative estimate of drug-likeness (QED) is 0.552. The van der Waals surface area contributed by atoms with Crippen molar-refractivity contribution in [2.75, 3.05) is 5.88 Å². The van der Waals surface area contributed by atoms with Crippen molar-refractivity contribution in [1.82, 2.24) is 0 Å². The Labute approximate surface area is 147 Å². The smallest absolute Gasteiger partial charge is 0.263 e. The topological polar surface area (TPSA) is 43.4 Å². The molecule has 1 aliphatic carbocycles. The van der Waals surface area contributed by atoms with Gasteiger partial charge in [-0.05, 0) is 30.9 Å². The maximum absolute atomic E-state index is 12.4. The van der Waals surface area contributed by atoms with E-state index in [4.69, 9.17) is 39.0 Å². The van der Waals surface area contributed by atoms with Crippen LogP contribution in [0.2, 0.25) is 0 Å². The lowest BCUT2D eigenvalue weighted by molar-refractivity contribution is -0.0725. The van der Waals surface area contributed by atoms with Crippen molar-refractivity contribution in [3.63, 3.8) is 0 Å². The minimum absolute atomic E-state index is 0.00858. The number of benzene rings is 1. The van der Waals surface area contributed by atoms with Crippen LogP contribution >= 0.6 is 34.8 Å². The first-order chi connectivity index (χ1) is 9.99. The molecule has 3 nitrogen and oxygen atoms in total. The molecule has 0 spiro atoms. The average Bonchev–Trinajstić information content (AvgIpc) is 2.37. The fraction of sp³-hybridized carbons (Fsp3) is 0.600. The Hall–Kier alpha value is -0.000000000000000167. The van der Waals surface area contributed by atoms with Gasteiger partial charge in [0.15, 0.2) is 0 Å². The van der Waals surface area contributed by atoms with Gasteiger partial charge in [-0.15, -0.1) is 11.6 Å². The molecule has 1 aromatic carbocycles. The zero-order valence-electron chi connectivity index (χ0n) is 12.6. The predicted octanol–water partition coefficient (Wildman–Crippen LogP) is 4.53. The molecule has 0 amide bonds. The molecule has 2 rings (SSSR count). The van der Waals surface area contributed by atoms with E-state index in [1.165, 1.54) is 12.1 Å². The molecule has 2 unspecified atom stereocenters. The van der Waals surface area contributed by atoms with Gasteiger partial charge >= 0.3 is 0 Å². The third kappa shape index (κ3) is 3.57. The number of rotatable bonds is 5. The maximum Gasteiger partial charge on any atom is 0.297 e. The number of halogens is 3. The van der Waals surface area contributed by atoms with Crippen LogP contribution < -0.4 is 0 Å². The third-order valence-electron chi connectivity index (χ3n) is 4.13. The third-order valence-corrected chi connectivity index (χ3v) is 6.92. The van der Waals surface area contributed by atoms with Gasteiger partial charge < -0.3 is 0 Å². The zero-order chi connectivity index (χ0) is 16.8. The largest absolute Gasteiger partial charge is 0.297 e. The second-order valence-electron chi connectivity index (χ2n) is 6.47. The molecule has 0 saturated heterocycles. The number of alkyl halides is 3. The van der Waals surface area contributed by atoms with Crippen LogP contribution in [0, 0.1) is 18.3 Å². The highest BCUT2D eigenvalue weighted by molar-refractivity contribution is 7.86. The monoisotopic (exact) mass is 384 g/mol. The van der Waals surface area contributed by atoms with Crippen molar-refractivity contribution < 1.29 is 12.6 Å². The number of aryl methyl sites for hydroxylation is 1. The molecule has 0 radical (unpaired) electrons. The standard InChI is InChI=1S/C15H19Cl3O3S/c1-10-4-6-11(7-5-10)22(19,20)21-12-8-14(2,3)13(12)15(17,18)9-16/h4-7,12-13H,8-9H2,1-3H3. The summed E-state index contributed by atoms with van der Waals surface area (Å²) in [5.74, 6) is -0.352. The van der Waals surface area contributed by atoms with Gasteiger partial charge in [-0.2, -0.15) is 8.42 Å². The lowest BCUT2D eigenvalue weighted by atomic mass is 9.59. The second-order valence-corrected chi connectivity index (χ2v) is 9.85. The van der Waals surface area contributed by atoms with E-state index in [-0.39, 0.29) is 22.1 Å². The summed E-state index contributed by atoms with van der Waals surface area (Å²) >= 11 is 18.3. The number of hydrogen-bond donors (Lipinski definition) is 0. The fourth-order valence-electron chi connectivity index (χ4n) is 3.05. The molecule has 2 atom stereocenters.